The summed E-state index contributed by atoms with van der Waals surface area (Å²) in [5, 5.41) is 16.4. The van der Waals surface area contributed by atoms with Crippen molar-refractivity contribution >= 4 is 66.7 Å². The third-order valence-electron chi connectivity index (χ3n) is 9.29. The molecule has 14 heteroatoms. The van der Waals surface area contributed by atoms with Crippen LogP contribution in [0.2, 0.25) is 0 Å². The lowest BCUT2D eigenvalue weighted by Crippen LogP contribution is -2.54. The molecular formula is C42H40BrN3O9S. The molecule has 0 radical (unpaired) electrons. The number of aromatic hydroxyl groups is 1. The van der Waals surface area contributed by atoms with Gasteiger partial charge in [-0.2, -0.15) is 0 Å². The number of benzene rings is 4. The average Bonchev–Trinajstić information content (AvgIpc) is 3.66. The number of ether oxygens (including phenoxy) is 4. The predicted molar refractivity (Wildman–Crippen MR) is 216 cm³/mol. The second-order valence-electron chi connectivity index (χ2n) is 13.3. The molecule has 3 N–H and O–H groups in total. The Morgan fingerprint density at radius 3 is 2.23 bits per heavy atom. The van der Waals surface area contributed by atoms with Crippen LogP contribution in [0.15, 0.2) is 89.4 Å². The number of halogens is 1. The van der Waals surface area contributed by atoms with E-state index in [1.165, 1.54) is 0 Å². The fourth-order valence-corrected chi connectivity index (χ4v) is 7.92. The molecule has 2 aliphatic rings. The fraction of sp³-hybridized carbons (Fsp3) is 0.286. The van der Waals surface area contributed by atoms with E-state index in [1.807, 2.05) is 54.6 Å². The number of amides is 4. The molecule has 5 aromatic rings. The van der Waals surface area contributed by atoms with Crippen LogP contribution in [0.5, 0.6) is 23.0 Å². The molecule has 12 nitrogen and oxygen atoms in total. The van der Waals surface area contributed by atoms with E-state index >= 15 is 0 Å². The Labute approximate surface area is 335 Å². The quantitative estimate of drug-likeness (QED) is 0.0586. The zero-order valence-corrected chi connectivity index (χ0v) is 32.8. The Morgan fingerprint density at radius 2 is 1.48 bits per heavy atom. The SMILES string of the molecule is O=C1CCC(N2C(=O)c3ccc(NCCCOCCCOCCCOc4ccc(Oc5c(-c6ccc(Br)cc6)sc6cc(O)ccc56)cc4)cc3C2=O)C(=O)N1. The zero-order chi connectivity index (χ0) is 39.0. The maximum absolute atomic E-state index is 13.0. The number of imide groups is 2. The number of hydrogen-bond donors (Lipinski definition) is 3. The first kappa shape index (κ1) is 39.0. The van der Waals surface area contributed by atoms with E-state index in [0.29, 0.717) is 51.0 Å². The first-order valence-electron chi connectivity index (χ1n) is 18.4. The molecule has 0 bridgehead atoms. The number of nitrogens with one attached hydrogen (secondary N) is 2. The topological polar surface area (TPSA) is 153 Å². The van der Waals surface area contributed by atoms with Crippen LogP contribution in [0.1, 0.15) is 52.8 Å². The summed E-state index contributed by atoms with van der Waals surface area (Å²) >= 11 is 5.08. The van der Waals surface area contributed by atoms with Gasteiger partial charge in [0, 0.05) is 66.1 Å². The predicted octanol–water partition coefficient (Wildman–Crippen LogP) is 7.92. The summed E-state index contributed by atoms with van der Waals surface area (Å²) in [5.74, 6) is 0.298. The smallest absolute Gasteiger partial charge is 0.262 e. The molecule has 4 aromatic carbocycles. The molecule has 1 aromatic heterocycles. The van der Waals surface area contributed by atoms with Crippen molar-refractivity contribution in [1.82, 2.24) is 10.2 Å². The Bertz CT molecular complexity index is 2230. The number of piperidine rings is 1. The molecule has 2 aliphatic heterocycles. The molecule has 7 rings (SSSR count). The second-order valence-corrected chi connectivity index (χ2v) is 15.3. The highest BCUT2D eigenvalue weighted by molar-refractivity contribution is 9.10. The van der Waals surface area contributed by atoms with Crippen molar-refractivity contribution in [1.29, 1.82) is 0 Å². The van der Waals surface area contributed by atoms with E-state index in [0.717, 1.165) is 60.7 Å². The second kappa shape index (κ2) is 18.1. The molecular weight excluding hydrogens is 802 g/mol. The molecule has 1 fully saturated rings. The van der Waals surface area contributed by atoms with Gasteiger partial charge < -0.3 is 29.4 Å². The number of phenols is 1. The number of anilines is 1. The van der Waals surface area contributed by atoms with Gasteiger partial charge in [-0.05, 0) is 97.6 Å². The van der Waals surface area contributed by atoms with E-state index in [4.69, 9.17) is 18.9 Å². The Morgan fingerprint density at radius 1 is 0.786 bits per heavy atom. The largest absolute Gasteiger partial charge is 0.508 e. The van der Waals surface area contributed by atoms with Gasteiger partial charge in [0.1, 0.15) is 23.3 Å². The highest BCUT2D eigenvalue weighted by Gasteiger charge is 2.44. The number of nitrogens with zero attached hydrogens (tertiary/aromatic N) is 1. The Hall–Kier alpha value is -5.28. The van der Waals surface area contributed by atoms with E-state index in [-0.39, 0.29) is 29.7 Å². The number of rotatable bonds is 18. The molecule has 0 aliphatic carbocycles. The van der Waals surface area contributed by atoms with Crippen molar-refractivity contribution in [2.24, 2.45) is 0 Å². The molecule has 1 unspecified atom stereocenters. The molecule has 0 spiro atoms. The zero-order valence-electron chi connectivity index (χ0n) is 30.4. The summed E-state index contributed by atoms with van der Waals surface area (Å²) in [5.41, 5.74) is 2.21. The van der Waals surface area contributed by atoms with Crippen LogP contribution in [0, 0.1) is 0 Å². The lowest BCUT2D eigenvalue weighted by Gasteiger charge is -2.27. The number of carbonyl (C=O) groups is 4. The van der Waals surface area contributed by atoms with Crippen LogP contribution in [-0.4, -0.2) is 79.3 Å². The van der Waals surface area contributed by atoms with Crippen molar-refractivity contribution in [2.45, 2.75) is 38.1 Å². The lowest BCUT2D eigenvalue weighted by molar-refractivity contribution is -0.136. The van der Waals surface area contributed by atoms with Crippen LogP contribution < -0.4 is 20.1 Å². The van der Waals surface area contributed by atoms with Crippen molar-refractivity contribution in [3.05, 3.63) is 101 Å². The summed E-state index contributed by atoms with van der Waals surface area (Å²) in [6.07, 6.45) is 2.45. The van der Waals surface area contributed by atoms with Gasteiger partial charge in [0.15, 0.2) is 5.75 Å². The van der Waals surface area contributed by atoms with E-state index in [9.17, 15) is 24.3 Å². The summed E-state index contributed by atoms with van der Waals surface area (Å²) in [6, 6.07) is 24.9. The minimum atomic E-state index is -0.985. The third-order valence-corrected chi connectivity index (χ3v) is 11.0. The van der Waals surface area contributed by atoms with Gasteiger partial charge in [-0.15, -0.1) is 11.3 Å². The maximum atomic E-state index is 13.0. The standard InChI is InChI=1S/C42H40BrN3O9S/c43-27-6-4-26(5-7-27)39-38(33-15-9-29(47)25-36(33)56-39)55-31-12-10-30(11-13-31)54-23-3-22-53-21-2-20-52-19-1-18-44-28-8-14-32-34(24-28)42(51)46(41(32)50)35-16-17-37(48)45-40(35)49/h4-15,24-25,35,44,47H,1-3,16-23H2,(H,45,48,49). The van der Waals surface area contributed by atoms with Gasteiger partial charge in [-0.3, -0.25) is 29.4 Å². The molecule has 1 atom stereocenters. The summed E-state index contributed by atoms with van der Waals surface area (Å²) < 4.78 is 25.7. The van der Waals surface area contributed by atoms with Crippen molar-refractivity contribution in [3.63, 3.8) is 0 Å². The molecule has 290 valence electrons. The van der Waals surface area contributed by atoms with Crippen LogP contribution in [0.25, 0.3) is 20.5 Å². The fourth-order valence-electron chi connectivity index (χ4n) is 6.48. The van der Waals surface area contributed by atoms with Crippen molar-refractivity contribution in [2.75, 3.05) is 44.9 Å². The summed E-state index contributed by atoms with van der Waals surface area (Å²) in [6.45, 7) is 3.41. The van der Waals surface area contributed by atoms with Gasteiger partial charge in [0.2, 0.25) is 11.8 Å². The highest BCUT2D eigenvalue weighted by atomic mass is 79.9. The molecule has 1 saturated heterocycles. The van der Waals surface area contributed by atoms with Gasteiger partial charge in [-0.25, -0.2) is 0 Å². The first-order chi connectivity index (χ1) is 27.2. The number of fused-ring (bicyclic) bond motifs is 2. The first-order valence-corrected chi connectivity index (χ1v) is 20.0. The van der Waals surface area contributed by atoms with Crippen LogP contribution in [0.4, 0.5) is 5.69 Å². The number of carbonyl (C=O) groups excluding carboxylic acids is 4. The van der Waals surface area contributed by atoms with Crippen LogP contribution in [-0.2, 0) is 19.1 Å². The van der Waals surface area contributed by atoms with E-state index < -0.39 is 29.7 Å². The average molecular weight is 843 g/mol. The summed E-state index contributed by atoms with van der Waals surface area (Å²) in [4.78, 5) is 51.6. The van der Waals surface area contributed by atoms with E-state index in [2.05, 4.69) is 26.6 Å². The van der Waals surface area contributed by atoms with Gasteiger partial charge in [0.25, 0.3) is 11.8 Å². The molecule has 56 heavy (non-hydrogen) atoms. The highest BCUT2D eigenvalue weighted by Crippen LogP contribution is 2.47. The van der Waals surface area contributed by atoms with Gasteiger partial charge >= 0.3 is 0 Å². The third kappa shape index (κ3) is 9.22. The lowest BCUT2D eigenvalue weighted by atomic mass is 10.0. The van der Waals surface area contributed by atoms with Gasteiger partial charge in [-0.1, -0.05) is 28.1 Å². The Kier molecular flexibility index (Phi) is 12.6. The number of phenolic OH excluding ortho intramolecular Hbond substituents is 1. The maximum Gasteiger partial charge on any atom is 0.262 e. The number of thiophene rings is 1. The van der Waals surface area contributed by atoms with E-state index in [1.54, 1.807) is 41.7 Å². The Balaban J connectivity index is 0.750. The minimum Gasteiger partial charge on any atom is -0.508 e. The van der Waals surface area contributed by atoms with Crippen molar-refractivity contribution < 1.29 is 43.2 Å². The molecule has 4 amide bonds. The number of hydrogen-bond acceptors (Lipinski definition) is 11. The van der Waals surface area contributed by atoms with Gasteiger partial charge in [0.05, 0.1) is 22.6 Å². The van der Waals surface area contributed by atoms with Crippen LogP contribution >= 0.6 is 27.3 Å². The minimum absolute atomic E-state index is 0.0800. The summed E-state index contributed by atoms with van der Waals surface area (Å²) in [7, 11) is 0. The van der Waals surface area contributed by atoms with Crippen LogP contribution in [0.3, 0.4) is 0 Å². The molecule has 0 saturated carbocycles. The van der Waals surface area contributed by atoms with Crippen molar-refractivity contribution in [3.8, 4) is 33.4 Å². The monoisotopic (exact) mass is 841 g/mol. The normalized spacial score (nSPS) is 15.3. The molecule has 3 heterocycles.